The van der Waals surface area contributed by atoms with E-state index in [-0.39, 0.29) is 0 Å². The second-order valence-electron chi connectivity index (χ2n) is 3.95. The number of rotatable bonds is 3. The number of benzene rings is 1. The molecule has 1 aromatic carbocycles. The molecule has 2 aromatic heterocycles. The van der Waals surface area contributed by atoms with Gasteiger partial charge in [0.1, 0.15) is 12.1 Å². The maximum atomic E-state index is 5.63. The smallest absolute Gasteiger partial charge is 0.177 e. The number of hydrogen-bond donors (Lipinski definition) is 2. The molecule has 0 saturated carbocycles. The molecule has 90 valence electrons. The number of anilines is 2. The molecule has 0 saturated heterocycles. The monoisotopic (exact) mass is 240 g/mol. The van der Waals surface area contributed by atoms with Crippen LogP contribution in [0.2, 0.25) is 0 Å². The van der Waals surface area contributed by atoms with E-state index in [9.17, 15) is 0 Å². The van der Waals surface area contributed by atoms with Crippen LogP contribution in [-0.2, 0) is 6.54 Å². The van der Waals surface area contributed by atoms with Gasteiger partial charge in [-0.15, -0.1) is 15.3 Å². The van der Waals surface area contributed by atoms with Crippen LogP contribution in [0.3, 0.4) is 0 Å². The van der Waals surface area contributed by atoms with Gasteiger partial charge >= 0.3 is 0 Å². The molecule has 0 atom stereocenters. The van der Waals surface area contributed by atoms with Crippen molar-refractivity contribution in [2.75, 3.05) is 11.1 Å². The molecular formula is C12H12N6. The summed E-state index contributed by atoms with van der Waals surface area (Å²) in [6.45, 7) is 0.695. The molecule has 0 unspecified atom stereocenters. The Kier molecular flexibility index (Phi) is 2.53. The van der Waals surface area contributed by atoms with Crippen molar-refractivity contribution in [3.8, 4) is 0 Å². The van der Waals surface area contributed by atoms with E-state index in [0.717, 1.165) is 22.7 Å². The van der Waals surface area contributed by atoms with Gasteiger partial charge in [0.15, 0.2) is 5.65 Å². The van der Waals surface area contributed by atoms with Crippen LogP contribution >= 0.6 is 0 Å². The van der Waals surface area contributed by atoms with Crippen LogP contribution in [0, 0.1) is 0 Å². The average molecular weight is 240 g/mol. The molecule has 3 aromatic rings. The lowest BCUT2D eigenvalue weighted by molar-refractivity contribution is 0.917. The molecule has 6 nitrogen and oxygen atoms in total. The lowest BCUT2D eigenvalue weighted by atomic mass is 10.2. The number of nitrogen functional groups attached to an aromatic ring is 1. The van der Waals surface area contributed by atoms with Crippen molar-refractivity contribution >= 4 is 17.2 Å². The second kappa shape index (κ2) is 4.33. The third kappa shape index (κ3) is 2.08. The average Bonchev–Trinajstić information content (AvgIpc) is 2.85. The Hall–Kier alpha value is -2.63. The first-order chi connectivity index (χ1) is 8.81. The van der Waals surface area contributed by atoms with Gasteiger partial charge in [-0.25, -0.2) is 0 Å². The highest BCUT2D eigenvalue weighted by Gasteiger charge is 1.99. The SMILES string of the molecule is Nc1ccc(CNc2ccc3nncn3n2)cc1. The Morgan fingerprint density at radius 3 is 2.78 bits per heavy atom. The molecular weight excluding hydrogens is 228 g/mol. The molecule has 0 bridgehead atoms. The first-order valence-electron chi connectivity index (χ1n) is 5.57. The quantitative estimate of drug-likeness (QED) is 0.675. The molecule has 0 fully saturated rings. The molecule has 0 amide bonds. The number of nitrogens with two attached hydrogens (primary N) is 1. The van der Waals surface area contributed by atoms with E-state index < -0.39 is 0 Å². The maximum absolute atomic E-state index is 5.63. The van der Waals surface area contributed by atoms with Crippen LogP contribution in [0.5, 0.6) is 0 Å². The van der Waals surface area contributed by atoms with Gasteiger partial charge in [0.25, 0.3) is 0 Å². The summed E-state index contributed by atoms with van der Waals surface area (Å²) < 4.78 is 1.63. The van der Waals surface area contributed by atoms with E-state index in [1.807, 2.05) is 36.4 Å². The van der Waals surface area contributed by atoms with Gasteiger partial charge in [0, 0.05) is 12.2 Å². The normalized spacial score (nSPS) is 10.7. The minimum absolute atomic E-state index is 0.695. The molecule has 0 aliphatic heterocycles. The second-order valence-corrected chi connectivity index (χ2v) is 3.95. The van der Waals surface area contributed by atoms with Crippen LogP contribution in [-0.4, -0.2) is 19.8 Å². The summed E-state index contributed by atoms with van der Waals surface area (Å²) in [6, 6.07) is 11.5. The number of fused-ring (bicyclic) bond motifs is 1. The number of aromatic nitrogens is 4. The predicted molar refractivity (Wildman–Crippen MR) is 69.0 cm³/mol. The summed E-state index contributed by atoms with van der Waals surface area (Å²) in [5.74, 6) is 0.777. The van der Waals surface area contributed by atoms with E-state index in [4.69, 9.17) is 5.73 Å². The third-order valence-electron chi connectivity index (χ3n) is 2.62. The molecule has 3 rings (SSSR count). The van der Waals surface area contributed by atoms with Gasteiger partial charge in [-0.2, -0.15) is 4.52 Å². The zero-order chi connectivity index (χ0) is 12.4. The molecule has 6 heteroatoms. The highest BCUT2D eigenvalue weighted by Crippen LogP contribution is 2.09. The molecule has 0 spiro atoms. The molecule has 0 aliphatic carbocycles. The third-order valence-corrected chi connectivity index (χ3v) is 2.62. The van der Waals surface area contributed by atoms with Crippen molar-refractivity contribution in [1.29, 1.82) is 0 Å². The highest BCUT2D eigenvalue weighted by atomic mass is 15.4. The Bertz CT molecular complexity index is 658. The van der Waals surface area contributed by atoms with Crippen molar-refractivity contribution in [3.05, 3.63) is 48.3 Å². The van der Waals surface area contributed by atoms with E-state index in [1.165, 1.54) is 0 Å². The van der Waals surface area contributed by atoms with Gasteiger partial charge in [-0.1, -0.05) is 12.1 Å². The van der Waals surface area contributed by atoms with Crippen molar-refractivity contribution in [2.45, 2.75) is 6.54 Å². The Labute approximate surface area is 103 Å². The predicted octanol–water partition coefficient (Wildman–Crippen LogP) is 1.32. The van der Waals surface area contributed by atoms with E-state index in [0.29, 0.717) is 6.54 Å². The summed E-state index contributed by atoms with van der Waals surface area (Å²) in [4.78, 5) is 0. The molecule has 18 heavy (non-hydrogen) atoms. The zero-order valence-electron chi connectivity index (χ0n) is 9.61. The van der Waals surface area contributed by atoms with Crippen LogP contribution in [0.15, 0.2) is 42.7 Å². The fourth-order valence-corrected chi connectivity index (χ4v) is 1.65. The first-order valence-corrected chi connectivity index (χ1v) is 5.57. The van der Waals surface area contributed by atoms with Gasteiger partial charge < -0.3 is 11.1 Å². The Balaban J connectivity index is 1.74. The number of hydrogen-bond acceptors (Lipinski definition) is 5. The van der Waals surface area contributed by atoms with Crippen LogP contribution in [0.1, 0.15) is 5.56 Å². The van der Waals surface area contributed by atoms with Crippen LogP contribution in [0.25, 0.3) is 5.65 Å². The molecule has 0 aliphatic rings. The molecule has 3 N–H and O–H groups in total. The minimum Gasteiger partial charge on any atom is -0.399 e. The van der Waals surface area contributed by atoms with Crippen molar-refractivity contribution < 1.29 is 0 Å². The first kappa shape index (κ1) is 10.5. The van der Waals surface area contributed by atoms with Crippen LogP contribution < -0.4 is 11.1 Å². The van der Waals surface area contributed by atoms with Gasteiger partial charge in [0.2, 0.25) is 0 Å². The fraction of sp³-hybridized carbons (Fsp3) is 0.0833. The Morgan fingerprint density at radius 2 is 1.94 bits per heavy atom. The summed E-state index contributed by atoms with van der Waals surface area (Å²) in [5.41, 5.74) is 8.28. The lowest BCUT2D eigenvalue weighted by Crippen LogP contribution is -2.03. The van der Waals surface area contributed by atoms with Crippen molar-refractivity contribution in [1.82, 2.24) is 19.8 Å². The van der Waals surface area contributed by atoms with E-state index in [1.54, 1.807) is 10.8 Å². The van der Waals surface area contributed by atoms with Crippen molar-refractivity contribution in [2.24, 2.45) is 0 Å². The van der Waals surface area contributed by atoms with Gasteiger partial charge in [-0.05, 0) is 29.8 Å². The lowest BCUT2D eigenvalue weighted by Gasteiger charge is -2.05. The molecule has 0 radical (unpaired) electrons. The summed E-state index contributed by atoms with van der Waals surface area (Å²) in [7, 11) is 0. The minimum atomic E-state index is 0.695. The van der Waals surface area contributed by atoms with Crippen LogP contribution in [0.4, 0.5) is 11.5 Å². The number of nitrogens with one attached hydrogen (secondary N) is 1. The van der Waals surface area contributed by atoms with Crippen molar-refractivity contribution in [3.63, 3.8) is 0 Å². The largest absolute Gasteiger partial charge is 0.399 e. The summed E-state index contributed by atoms with van der Waals surface area (Å²) in [6.07, 6.45) is 1.57. The fourth-order valence-electron chi connectivity index (χ4n) is 1.65. The van der Waals surface area contributed by atoms with Gasteiger partial charge in [-0.3, -0.25) is 0 Å². The standard InChI is InChI=1S/C12H12N6/c13-10-3-1-9(2-4-10)7-14-11-5-6-12-16-15-8-18(12)17-11/h1-6,8H,7,13H2,(H,14,17). The number of nitrogens with zero attached hydrogens (tertiary/aromatic N) is 4. The zero-order valence-corrected chi connectivity index (χ0v) is 9.61. The molecule has 2 heterocycles. The highest BCUT2D eigenvalue weighted by molar-refractivity contribution is 5.44. The van der Waals surface area contributed by atoms with E-state index in [2.05, 4.69) is 20.6 Å². The van der Waals surface area contributed by atoms with Gasteiger partial charge in [0.05, 0.1) is 0 Å². The topological polar surface area (TPSA) is 81.1 Å². The van der Waals surface area contributed by atoms with E-state index >= 15 is 0 Å². The summed E-state index contributed by atoms with van der Waals surface area (Å²) >= 11 is 0. The summed E-state index contributed by atoms with van der Waals surface area (Å²) in [5, 5.41) is 15.2. The maximum Gasteiger partial charge on any atom is 0.177 e. The Morgan fingerprint density at radius 1 is 1.11 bits per heavy atom.